The van der Waals surface area contributed by atoms with Crippen LogP contribution in [-0.4, -0.2) is 29.1 Å². The molecule has 0 bridgehead atoms. The van der Waals surface area contributed by atoms with Crippen molar-refractivity contribution >= 4 is 5.91 Å². The molecule has 0 aliphatic rings. The fraction of sp³-hybridized carbons (Fsp3) is 0.400. The van der Waals surface area contributed by atoms with Crippen molar-refractivity contribution < 1.29 is 9.90 Å². The molecule has 4 nitrogen and oxygen atoms in total. The largest absolute Gasteiger partial charge is 0.395 e. The minimum atomic E-state index is -0.193. The topological polar surface area (TPSA) is 62.2 Å². The number of aryl methyl sites for hydroxylation is 1. The lowest BCUT2D eigenvalue weighted by Crippen LogP contribution is -2.26. The summed E-state index contributed by atoms with van der Waals surface area (Å²) in [5.74, 6) is -0.193. The normalized spacial score (nSPS) is 9.86. The summed E-state index contributed by atoms with van der Waals surface area (Å²) >= 11 is 0. The Morgan fingerprint density at radius 1 is 1.57 bits per heavy atom. The van der Waals surface area contributed by atoms with Gasteiger partial charge in [0.15, 0.2) is 0 Å². The average molecular weight is 194 g/mol. The van der Waals surface area contributed by atoms with Gasteiger partial charge in [0, 0.05) is 18.9 Å². The van der Waals surface area contributed by atoms with Gasteiger partial charge in [0.05, 0.1) is 12.2 Å². The number of amides is 1. The molecule has 0 saturated carbocycles. The number of hydrogen-bond donors (Lipinski definition) is 2. The molecule has 1 aromatic rings. The highest BCUT2D eigenvalue weighted by Gasteiger charge is 2.04. The molecule has 0 aromatic carbocycles. The van der Waals surface area contributed by atoms with E-state index in [4.69, 9.17) is 5.11 Å². The van der Waals surface area contributed by atoms with E-state index >= 15 is 0 Å². The van der Waals surface area contributed by atoms with Gasteiger partial charge in [-0.15, -0.1) is 0 Å². The van der Waals surface area contributed by atoms with Gasteiger partial charge in [0.2, 0.25) is 0 Å². The summed E-state index contributed by atoms with van der Waals surface area (Å²) in [6.07, 6.45) is 4.11. The van der Waals surface area contributed by atoms with Gasteiger partial charge in [0.25, 0.3) is 5.91 Å². The van der Waals surface area contributed by atoms with Crippen molar-refractivity contribution in [2.45, 2.75) is 13.3 Å². The first-order valence-electron chi connectivity index (χ1n) is 4.61. The van der Waals surface area contributed by atoms with Crippen molar-refractivity contribution in [3.63, 3.8) is 0 Å². The van der Waals surface area contributed by atoms with Crippen LogP contribution in [0.15, 0.2) is 18.5 Å². The summed E-state index contributed by atoms with van der Waals surface area (Å²) in [5, 5.41) is 11.1. The number of nitrogens with zero attached hydrogens (tertiary/aromatic N) is 1. The third-order valence-electron chi connectivity index (χ3n) is 1.86. The Bertz CT molecular complexity index is 313. The first-order valence-corrected chi connectivity index (χ1v) is 4.61. The fourth-order valence-electron chi connectivity index (χ4n) is 1.08. The van der Waals surface area contributed by atoms with Crippen LogP contribution in [0.5, 0.6) is 0 Å². The molecule has 2 N–H and O–H groups in total. The first kappa shape index (κ1) is 10.7. The molecule has 14 heavy (non-hydrogen) atoms. The monoisotopic (exact) mass is 194 g/mol. The fourth-order valence-corrected chi connectivity index (χ4v) is 1.08. The SMILES string of the molecule is CCc1cncc(C(=O)NCCO)c1. The van der Waals surface area contributed by atoms with Crippen LogP contribution in [0, 0.1) is 0 Å². The van der Waals surface area contributed by atoms with Crippen molar-refractivity contribution in [2.24, 2.45) is 0 Å². The Morgan fingerprint density at radius 3 is 3.00 bits per heavy atom. The molecule has 1 rings (SSSR count). The van der Waals surface area contributed by atoms with E-state index in [1.807, 2.05) is 6.92 Å². The standard InChI is InChI=1S/C10H14N2O2/c1-2-8-5-9(7-11-6-8)10(14)12-3-4-13/h5-7,13H,2-4H2,1H3,(H,12,14). The van der Waals surface area contributed by atoms with Gasteiger partial charge < -0.3 is 10.4 Å². The number of hydrogen-bond acceptors (Lipinski definition) is 3. The predicted octanol–water partition coefficient (Wildman–Crippen LogP) is 0.366. The third kappa shape index (κ3) is 2.81. The van der Waals surface area contributed by atoms with Crippen LogP contribution in [0.25, 0.3) is 0 Å². The lowest BCUT2D eigenvalue weighted by Gasteiger charge is -2.03. The Balaban J connectivity index is 2.69. The summed E-state index contributed by atoms with van der Waals surface area (Å²) < 4.78 is 0. The van der Waals surface area contributed by atoms with Crippen molar-refractivity contribution in [1.82, 2.24) is 10.3 Å². The van der Waals surface area contributed by atoms with E-state index < -0.39 is 0 Å². The van der Waals surface area contributed by atoms with Crippen molar-refractivity contribution in [3.05, 3.63) is 29.6 Å². The van der Waals surface area contributed by atoms with Gasteiger partial charge in [0.1, 0.15) is 0 Å². The summed E-state index contributed by atoms with van der Waals surface area (Å²) in [4.78, 5) is 15.4. The zero-order chi connectivity index (χ0) is 10.4. The summed E-state index contributed by atoms with van der Waals surface area (Å²) in [5.41, 5.74) is 1.57. The van der Waals surface area contributed by atoms with E-state index in [0.717, 1.165) is 12.0 Å². The summed E-state index contributed by atoms with van der Waals surface area (Å²) in [6.45, 7) is 2.23. The summed E-state index contributed by atoms with van der Waals surface area (Å²) in [7, 11) is 0. The molecule has 0 fully saturated rings. The smallest absolute Gasteiger partial charge is 0.252 e. The Morgan fingerprint density at radius 2 is 2.36 bits per heavy atom. The second-order valence-corrected chi connectivity index (χ2v) is 2.91. The van der Waals surface area contributed by atoms with Crippen LogP contribution in [-0.2, 0) is 6.42 Å². The highest BCUT2D eigenvalue weighted by atomic mass is 16.3. The van der Waals surface area contributed by atoms with Crippen LogP contribution < -0.4 is 5.32 Å². The van der Waals surface area contributed by atoms with Crippen LogP contribution >= 0.6 is 0 Å². The lowest BCUT2D eigenvalue weighted by molar-refractivity contribution is 0.0944. The Labute approximate surface area is 83.0 Å². The minimum Gasteiger partial charge on any atom is -0.395 e. The second-order valence-electron chi connectivity index (χ2n) is 2.91. The number of aromatic nitrogens is 1. The van der Waals surface area contributed by atoms with Gasteiger partial charge in [-0.2, -0.15) is 0 Å². The molecular weight excluding hydrogens is 180 g/mol. The van der Waals surface area contributed by atoms with E-state index in [9.17, 15) is 4.79 Å². The molecule has 1 heterocycles. The zero-order valence-corrected chi connectivity index (χ0v) is 8.16. The van der Waals surface area contributed by atoms with Gasteiger partial charge in [-0.3, -0.25) is 9.78 Å². The number of nitrogens with one attached hydrogen (secondary N) is 1. The van der Waals surface area contributed by atoms with Crippen LogP contribution in [0.1, 0.15) is 22.8 Å². The maximum atomic E-state index is 11.4. The van der Waals surface area contributed by atoms with Crippen LogP contribution in [0.2, 0.25) is 0 Å². The molecule has 1 aromatic heterocycles. The maximum Gasteiger partial charge on any atom is 0.252 e. The zero-order valence-electron chi connectivity index (χ0n) is 8.16. The average Bonchev–Trinajstić information content (AvgIpc) is 2.26. The molecule has 0 radical (unpaired) electrons. The Kier molecular flexibility index (Phi) is 4.07. The molecule has 1 amide bonds. The third-order valence-corrected chi connectivity index (χ3v) is 1.86. The predicted molar refractivity (Wildman–Crippen MR) is 53.0 cm³/mol. The highest BCUT2D eigenvalue weighted by Crippen LogP contribution is 2.02. The Hall–Kier alpha value is -1.42. The van der Waals surface area contributed by atoms with Gasteiger partial charge >= 0.3 is 0 Å². The van der Waals surface area contributed by atoms with Gasteiger partial charge in [-0.25, -0.2) is 0 Å². The molecule has 0 spiro atoms. The molecule has 0 unspecified atom stereocenters. The number of aliphatic hydroxyl groups excluding tert-OH is 1. The van der Waals surface area contributed by atoms with E-state index in [2.05, 4.69) is 10.3 Å². The van der Waals surface area contributed by atoms with E-state index in [1.54, 1.807) is 12.3 Å². The van der Waals surface area contributed by atoms with Crippen molar-refractivity contribution in [3.8, 4) is 0 Å². The molecule has 4 heteroatoms. The molecule has 0 aliphatic carbocycles. The molecule has 0 saturated heterocycles. The summed E-state index contributed by atoms with van der Waals surface area (Å²) in [6, 6.07) is 1.81. The number of pyridine rings is 1. The van der Waals surface area contributed by atoms with Crippen molar-refractivity contribution in [1.29, 1.82) is 0 Å². The highest BCUT2D eigenvalue weighted by molar-refractivity contribution is 5.93. The van der Waals surface area contributed by atoms with E-state index in [1.165, 1.54) is 6.20 Å². The van der Waals surface area contributed by atoms with Crippen LogP contribution in [0.4, 0.5) is 0 Å². The van der Waals surface area contributed by atoms with E-state index in [-0.39, 0.29) is 19.1 Å². The van der Waals surface area contributed by atoms with Gasteiger partial charge in [-0.05, 0) is 18.1 Å². The van der Waals surface area contributed by atoms with Crippen LogP contribution in [0.3, 0.4) is 0 Å². The number of carbonyl (C=O) groups excluding carboxylic acids is 1. The quantitative estimate of drug-likeness (QED) is 0.727. The second kappa shape index (κ2) is 5.34. The maximum absolute atomic E-state index is 11.4. The molecule has 0 aliphatic heterocycles. The molecule has 0 atom stereocenters. The van der Waals surface area contributed by atoms with E-state index in [0.29, 0.717) is 5.56 Å². The number of carbonyl (C=O) groups is 1. The minimum absolute atomic E-state index is 0.0490. The van der Waals surface area contributed by atoms with Gasteiger partial charge in [-0.1, -0.05) is 6.92 Å². The first-order chi connectivity index (χ1) is 6.77. The number of aliphatic hydroxyl groups is 1. The van der Waals surface area contributed by atoms with Crippen molar-refractivity contribution in [2.75, 3.05) is 13.2 Å². The number of rotatable bonds is 4. The lowest BCUT2D eigenvalue weighted by atomic mass is 10.1. The molecular formula is C10H14N2O2. The molecule has 76 valence electrons.